The van der Waals surface area contributed by atoms with Gasteiger partial charge in [-0.3, -0.25) is 4.79 Å². The molecule has 0 bridgehead atoms. The van der Waals surface area contributed by atoms with Crippen molar-refractivity contribution in [3.8, 4) is 0 Å². The number of aryl methyl sites for hydroxylation is 1. The number of aliphatic hydroxyl groups is 1. The molecule has 92 valence electrons. The van der Waals surface area contributed by atoms with Gasteiger partial charge in [0.15, 0.2) is 5.78 Å². The molecule has 1 aliphatic carbocycles. The number of carbonyl (C=O) groups is 1. The minimum atomic E-state index is 0.0903. The Morgan fingerprint density at radius 3 is 2.47 bits per heavy atom. The summed E-state index contributed by atoms with van der Waals surface area (Å²) in [6.07, 6.45) is 0.640. The van der Waals surface area contributed by atoms with Gasteiger partial charge in [-0.1, -0.05) is 19.9 Å². The van der Waals surface area contributed by atoms with Crippen LogP contribution in [0.4, 0.5) is 0 Å². The molecule has 2 atom stereocenters. The van der Waals surface area contributed by atoms with Gasteiger partial charge in [-0.2, -0.15) is 0 Å². The molecule has 0 heterocycles. The highest BCUT2D eigenvalue weighted by molar-refractivity contribution is 6.04. The predicted molar refractivity (Wildman–Crippen MR) is 68.6 cm³/mol. The van der Waals surface area contributed by atoms with Gasteiger partial charge in [-0.25, -0.2) is 0 Å². The lowest BCUT2D eigenvalue weighted by atomic mass is 9.90. The van der Waals surface area contributed by atoms with Crippen molar-refractivity contribution in [3.63, 3.8) is 0 Å². The summed E-state index contributed by atoms with van der Waals surface area (Å²) in [4.78, 5) is 12.2. The van der Waals surface area contributed by atoms with Gasteiger partial charge in [0.05, 0.1) is 0 Å². The molecule has 17 heavy (non-hydrogen) atoms. The van der Waals surface area contributed by atoms with Crippen LogP contribution in [0, 0.1) is 19.8 Å². The molecule has 0 aliphatic heterocycles. The molecule has 1 aliphatic rings. The first-order chi connectivity index (χ1) is 7.99. The Morgan fingerprint density at radius 1 is 1.24 bits per heavy atom. The van der Waals surface area contributed by atoms with E-state index in [9.17, 15) is 4.79 Å². The van der Waals surface area contributed by atoms with E-state index in [1.165, 1.54) is 11.1 Å². The molecule has 0 spiro atoms. The SMILES string of the molecule is Cc1cc2c(c(C)c1CCO)C(=O)[C@@H](C)[C@H]2C. The van der Waals surface area contributed by atoms with Crippen molar-refractivity contribution < 1.29 is 9.90 Å². The lowest BCUT2D eigenvalue weighted by molar-refractivity contribution is 0.0936. The van der Waals surface area contributed by atoms with Crippen LogP contribution in [0.5, 0.6) is 0 Å². The third-order valence-electron chi connectivity index (χ3n) is 4.23. The summed E-state index contributed by atoms with van der Waals surface area (Å²) in [5.74, 6) is 0.676. The van der Waals surface area contributed by atoms with Gasteiger partial charge in [-0.15, -0.1) is 0 Å². The largest absolute Gasteiger partial charge is 0.396 e. The molecule has 0 amide bonds. The zero-order valence-electron chi connectivity index (χ0n) is 11.0. The lowest BCUT2D eigenvalue weighted by Crippen LogP contribution is -2.08. The van der Waals surface area contributed by atoms with E-state index >= 15 is 0 Å². The Balaban J connectivity index is 2.65. The summed E-state index contributed by atoms with van der Waals surface area (Å²) < 4.78 is 0. The molecule has 1 aromatic carbocycles. The van der Waals surface area contributed by atoms with Crippen molar-refractivity contribution in [3.05, 3.63) is 33.9 Å². The molecular formula is C15H20O2. The Morgan fingerprint density at radius 2 is 1.88 bits per heavy atom. The Labute approximate surface area is 103 Å². The van der Waals surface area contributed by atoms with Gasteiger partial charge < -0.3 is 5.11 Å². The van der Waals surface area contributed by atoms with Gasteiger partial charge >= 0.3 is 0 Å². The molecule has 0 saturated carbocycles. The third kappa shape index (κ3) is 1.71. The second-order valence-corrected chi connectivity index (χ2v) is 5.18. The molecule has 0 radical (unpaired) electrons. The molecule has 2 nitrogen and oxygen atoms in total. The standard InChI is InChI=1S/C15H20O2/c1-8-7-13-9(2)10(3)15(17)14(13)11(4)12(8)5-6-16/h7,9-10,16H,5-6H2,1-4H3/t9-,10+/m1/s1. The highest BCUT2D eigenvalue weighted by Crippen LogP contribution is 2.40. The van der Waals surface area contributed by atoms with E-state index in [1.54, 1.807) is 0 Å². The highest BCUT2D eigenvalue weighted by Gasteiger charge is 2.35. The number of rotatable bonds is 2. The van der Waals surface area contributed by atoms with Crippen LogP contribution in [0.15, 0.2) is 6.07 Å². The van der Waals surface area contributed by atoms with E-state index in [1.807, 2.05) is 13.8 Å². The first kappa shape index (κ1) is 12.3. The van der Waals surface area contributed by atoms with Crippen LogP contribution in [0.25, 0.3) is 0 Å². The minimum absolute atomic E-state index is 0.0903. The molecular weight excluding hydrogens is 212 g/mol. The summed E-state index contributed by atoms with van der Waals surface area (Å²) in [6.45, 7) is 8.35. The smallest absolute Gasteiger partial charge is 0.166 e. The number of hydrogen-bond acceptors (Lipinski definition) is 2. The van der Waals surface area contributed by atoms with Crippen LogP contribution in [0.3, 0.4) is 0 Å². The quantitative estimate of drug-likeness (QED) is 0.851. The van der Waals surface area contributed by atoms with Crippen LogP contribution in [0.1, 0.15) is 52.4 Å². The summed E-state index contributed by atoms with van der Waals surface area (Å²) in [5.41, 5.74) is 5.53. The molecule has 2 rings (SSSR count). The molecule has 1 aromatic rings. The predicted octanol–water partition coefficient (Wildman–Crippen LogP) is 2.77. The molecule has 2 heteroatoms. The normalized spacial score (nSPS) is 23.0. The van der Waals surface area contributed by atoms with Gasteiger partial charge in [0.1, 0.15) is 0 Å². The van der Waals surface area contributed by atoms with Gasteiger partial charge in [0.2, 0.25) is 0 Å². The third-order valence-corrected chi connectivity index (χ3v) is 4.23. The monoisotopic (exact) mass is 232 g/mol. The molecule has 0 saturated heterocycles. The average Bonchev–Trinajstić information content (AvgIpc) is 2.50. The van der Waals surface area contributed by atoms with E-state index in [2.05, 4.69) is 19.9 Å². The average molecular weight is 232 g/mol. The van der Waals surface area contributed by atoms with Crippen LogP contribution < -0.4 is 0 Å². The lowest BCUT2D eigenvalue weighted by Gasteiger charge is -2.14. The summed E-state index contributed by atoms with van der Waals surface area (Å²) >= 11 is 0. The molecule has 1 N–H and O–H groups in total. The Kier molecular flexibility index (Phi) is 3.09. The number of ketones is 1. The van der Waals surface area contributed by atoms with Crippen LogP contribution in [-0.4, -0.2) is 17.5 Å². The van der Waals surface area contributed by atoms with Crippen molar-refractivity contribution in [2.75, 3.05) is 6.61 Å². The fraction of sp³-hybridized carbons (Fsp3) is 0.533. The number of aliphatic hydroxyl groups excluding tert-OH is 1. The van der Waals surface area contributed by atoms with Crippen molar-refractivity contribution in [1.82, 2.24) is 0 Å². The first-order valence-corrected chi connectivity index (χ1v) is 6.27. The zero-order valence-corrected chi connectivity index (χ0v) is 11.0. The van der Waals surface area contributed by atoms with E-state index < -0.39 is 0 Å². The number of fused-ring (bicyclic) bond motifs is 1. The van der Waals surface area contributed by atoms with Crippen LogP contribution in [-0.2, 0) is 6.42 Å². The van der Waals surface area contributed by atoms with Crippen molar-refractivity contribution >= 4 is 5.78 Å². The Hall–Kier alpha value is -1.15. The molecule has 0 aromatic heterocycles. The van der Waals surface area contributed by atoms with Crippen molar-refractivity contribution in [2.45, 2.75) is 40.0 Å². The summed E-state index contributed by atoms with van der Waals surface area (Å²) in [7, 11) is 0. The molecule has 0 unspecified atom stereocenters. The minimum Gasteiger partial charge on any atom is -0.396 e. The van der Waals surface area contributed by atoms with E-state index in [0.717, 1.165) is 16.7 Å². The van der Waals surface area contributed by atoms with Gasteiger partial charge in [0, 0.05) is 18.1 Å². The van der Waals surface area contributed by atoms with Crippen molar-refractivity contribution in [1.29, 1.82) is 0 Å². The number of Topliss-reactive ketones (excluding diaryl/α,β-unsaturated/α-hetero) is 1. The van der Waals surface area contributed by atoms with Crippen molar-refractivity contribution in [2.24, 2.45) is 5.92 Å². The van der Waals surface area contributed by atoms with Gasteiger partial charge in [-0.05, 0) is 48.4 Å². The maximum Gasteiger partial charge on any atom is 0.166 e. The van der Waals surface area contributed by atoms with Gasteiger partial charge in [0.25, 0.3) is 0 Å². The first-order valence-electron chi connectivity index (χ1n) is 6.27. The summed E-state index contributed by atoms with van der Waals surface area (Å²) in [5, 5.41) is 9.10. The topological polar surface area (TPSA) is 37.3 Å². The highest BCUT2D eigenvalue weighted by atomic mass is 16.3. The van der Waals surface area contributed by atoms with Crippen LogP contribution >= 0.6 is 0 Å². The van der Waals surface area contributed by atoms with E-state index in [-0.39, 0.29) is 18.3 Å². The maximum atomic E-state index is 12.2. The fourth-order valence-electron chi connectivity index (χ4n) is 2.96. The second-order valence-electron chi connectivity index (χ2n) is 5.18. The number of carbonyl (C=O) groups excluding carboxylic acids is 1. The summed E-state index contributed by atoms with van der Waals surface area (Å²) in [6, 6.07) is 2.14. The fourth-order valence-corrected chi connectivity index (χ4v) is 2.96. The number of benzene rings is 1. The van der Waals surface area contributed by atoms with E-state index in [4.69, 9.17) is 5.11 Å². The van der Waals surface area contributed by atoms with E-state index in [0.29, 0.717) is 12.3 Å². The Bertz CT molecular complexity index is 474. The second kappa shape index (κ2) is 4.26. The van der Waals surface area contributed by atoms with Crippen LogP contribution in [0.2, 0.25) is 0 Å². The zero-order chi connectivity index (χ0) is 12.7. The number of hydrogen-bond donors (Lipinski definition) is 1. The maximum absolute atomic E-state index is 12.2. The molecule has 0 fully saturated rings.